The number of hydrogen-bond acceptors (Lipinski definition) is 4. The van der Waals surface area contributed by atoms with Gasteiger partial charge in [-0.05, 0) is 20.8 Å². The highest BCUT2D eigenvalue weighted by Gasteiger charge is 2.35. The quantitative estimate of drug-likeness (QED) is 0.501. The number of hydrogen-bond donors (Lipinski definition) is 0. The first-order valence-electron chi connectivity index (χ1n) is 8.81. The zero-order chi connectivity index (χ0) is 18.0. The van der Waals surface area contributed by atoms with Crippen molar-refractivity contribution >= 4 is 5.90 Å². The molecule has 0 heterocycles. The topological polar surface area (TPSA) is 40.0 Å². The molecule has 0 fully saturated rings. The Morgan fingerprint density at radius 3 is 1.80 bits per heavy atom. The van der Waals surface area contributed by atoms with Crippen LogP contribution in [0.15, 0.2) is 65.7 Å². The summed E-state index contributed by atoms with van der Waals surface area (Å²) >= 11 is 0. The average molecular weight is 341 g/mol. The molecule has 0 saturated carbocycles. The van der Waals surface area contributed by atoms with E-state index in [2.05, 4.69) is 0 Å². The van der Waals surface area contributed by atoms with Crippen LogP contribution in [0.4, 0.5) is 0 Å². The van der Waals surface area contributed by atoms with Crippen LogP contribution in [0, 0.1) is 0 Å². The van der Waals surface area contributed by atoms with E-state index in [1.54, 1.807) is 0 Å². The van der Waals surface area contributed by atoms with Crippen LogP contribution in [0.1, 0.15) is 31.9 Å². The molecule has 0 bridgehead atoms. The van der Waals surface area contributed by atoms with Gasteiger partial charge in [0, 0.05) is 24.3 Å². The fourth-order valence-corrected chi connectivity index (χ4v) is 2.67. The van der Waals surface area contributed by atoms with Crippen molar-refractivity contribution < 1.29 is 14.2 Å². The lowest BCUT2D eigenvalue weighted by molar-refractivity contribution is -0.00689. The summed E-state index contributed by atoms with van der Waals surface area (Å²) in [6.45, 7) is 7.82. The van der Waals surface area contributed by atoms with Crippen molar-refractivity contribution in [2.24, 2.45) is 4.99 Å². The summed E-state index contributed by atoms with van der Waals surface area (Å²) in [4.78, 5) is 4.91. The monoisotopic (exact) mass is 341 g/mol. The van der Waals surface area contributed by atoms with E-state index in [9.17, 15) is 0 Å². The van der Waals surface area contributed by atoms with Gasteiger partial charge in [0.05, 0.1) is 6.61 Å². The normalized spacial score (nSPS) is 12.2. The minimum absolute atomic E-state index is 0.318. The first kappa shape index (κ1) is 19.2. The second-order valence-corrected chi connectivity index (χ2v) is 5.38. The molecule has 0 radical (unpaired) electrons. The minimum atomic E-state index is -0.959. The van der Waals surface area contributed by atoms with Crippen LogP contribution in [0.25, 0.3) is 0 Å². The van der Waals surface area contributed by atoms with Crippen LogP contribution in [0.3, 0.4) is 0 Å². The summed E-state index contributed by atoms with van der Waals surface area (Å²) in [5.74, 6) is 0.533. The molecule has 2 rings (SSSR count). The van der Waals surface area contributed by atoms with Gasteiger partial charge < -0.3 is 14.2 Å². The van der Waals surface area contributed by atoms with Crippen LogP contribution < -0.4 is 0 Å². The Hall–Kier alpha value is -2.17. The minimum Gasteiger partial charge on any atom is -0.480 e. The molecular formula is C21H27NO3. The largest absolute Gasteiger partial charge is 0.480 e. The van der Waals surface area contributed by atoms with E-state index in [1.165, 1.54) is 0 Å². The number of rotatable bonds is 9. The van der Waals surface area contributed by atoms with Gasteiger partial charge >= 0.3 is 0 Å². The number of nitrogens with zero attached hydrogens (tertiary/aromatic N) is 1. The summed E-state index contributed by atoms with van der Waals surface area (Å²) in [5, 5.41) is 0. The maximum Gasteiger partial charge on any atom is 0.214 e. The molecule has 0 amide bonds. The van der Waals surface area contributed by atoms with Crippen molar-refractivity contribution in [2.45, 2.75) is 26.5 Å². The molecule has 0 atom stereocenters. The zero-order valence-corrected chi connectivity index (χ0v) is 15.3. The lowest BCUT2D eigenvalue weighted by atomic mass is 9.94. The lowest BCUT2D eigenvalue weighted by Crippen LogP contribution is -2.32. The van der Waals surface area contributed by atoms with Gasteiger partial charge in [0.15, 0.2) is 0 Å². The standard InChI is InChI=1S/C21H27NO3/c1-4-23-17-20(24-5-2)22-21(25-6-3,18-13-9-7-10-14-18)19-15-11-8-12-16-19/h7-16H,4-6,17H2,1-3H3/b22-20+. The zero-order valence-electron chi connectivity index (χ0n) is 15.3. The first-order chi connectivity index (χ1) is 12.3. The van der Waals surface area contributed by atoms with Crippen molar-refractivity contribution in [3.63, 3.8) is 0 Å². The number of benzene rings is 2. The summed E-state index contributed by atoms with van der Waals surface area (Å²) in [6, 6.07) is 20.0. The van der Waals surface area contributed by atoms with Gasteiger partial charge in [-0.25, -0.2) is 4.99 Å². The second-order valence-electron chi connectivity index (χ2n) is 5.38. The van der Waals surface area contributed by atoms with E-state index in [-0.39, 0.29) is 0 Å². The van der Waals surface area contributed by atoms with Crippen molar-refractivity contribution in [2.75, 3.05) is 26.4 Å². The van der Waals surface area contributed by atoms with Gasteiger partial charge in [0.25, 0.3) is 0 Å². The Kier molecular flexibility index (Phi) is 7.64. The summed E-state index contributed by atoms with van der Waals surface area (Å²) < 4.78 is 17.5. The maximum atomic E-state index is 6.24. The Labute approximate surface area is 150 Å². The van der Waals surface area contributed by atoms with E-state index >= 15 is 0 Å². The van der Waals surface area contributed by atoms with Crippen molar-refractivity contribution in [1.29, 1.82) is 0 Å². The highest BCUT2D eigenvalue weighted by Crippen LogP contribution is 2.35. The molecular weight excluding hydrogens is 314 g/mol. The third kappa shape index (κ3) is 4.91. The predicted octanol–water partition coefficient (Wildman–Crippen LogP) is 4.40. The predicted molar refractivity (Wildman–Crippen MR) is 101 cm³/mol. The molecule has 4 heteroatoms. The lowest BCUT2D eigenvalue weighted by Gasteiger charge is -2.31. The van der Waals surface area contributed by atoms with Crippen LogP contribution in [0.5, 0.6) is 0 Å². The molecule has 0 saturated heterocycles. The number of aliphatic imine (C=N–C) groups is 1. The Bertz CT molecular complexity index is 601. The van der Waals surface area contributed by atoms with Crippen LogP contribution in [-0.2, 0) is 19.9 Å². The molecule has 4 nitrogen and oxygen atoms in total. The van der Waals surface area contributed by atoms with Crippen LogP contribution in [-0.4, -0.2) is 32.3 Å². The molecule has 0 N–H and O–H groups in total. The van der Waals surface area contributed by atoms with Gasteiger partial charge in [-0.3, -0.25) is 0 Å². The van der Waals surface area contributed by atoms with E-state index in [4.69, 9.17) is 19.2 Å². The highest BCUT2D eigenvalue weighted by molar-refractivity contribution is 5.78. The average Bonchev–Trinajstić information content (AvgIpc) is 2.67. The van der Waals surface area contributed by atoms with Gasteiger partial charge in [0.2, 0.25) is 11.6 Å². The summed E-state index contributed by atoms with van der Waals surface area (Å²) in [6.07, 6.45) is 0. The summed E-state index contributed by atoms with van der Waals surface area (Å²) in [7, 11) is 0. The Balaban J connectivity index is 2.60. The molecule has 0 aromatic heterocycles. The van der Waals surface area contributed by atoms with Crippen molar-refractivity contribution in [3.05, 3.63) is 71.8 Å². The van der Waals surface area contributed by atoms with E-state index < -0.39 is 5.72 Å². The fourth-order valence-electron chi connectivity index (χ4n) is 2.67. The first-order valence-corrected chi connectivity index (χ1v) is 8.81. The molecule has 0 spiro atoms. The third-order valence-corrected chi connectivity index (χ3v) is 3.71. The Morgan fingerprint density at radius 1 is 0.800 bits per heavy atom. The molecule has 0 aliphatic heterocycles. The molecule has 0 aliphatic carbocycles. The van der Waals surface area contributed by atoms with Crippen molar-refractivity contribution in [3.8, 4) is 0 Å². The molecule has 25 heavy (non-hydrogen) atoms. The van der Waals surface area contributed by atoms with E-state index in [0.717, 1.165) is 11.1 Å². The molecule has 0 unspecified atom stereocenters. The van der Waals surface area contributed by atoms with Gasteiger partial charge in [0.1, 0.15) is 6.61 Å². The van der Waals surface area contributed by atoms with Crippen LogP contribution >= 0.6 is 0 Å². The maximum absolute atomic E-state index is 6.24. The second kappa shape index (κ2) is 9.97. The Morgan fingerprint density at radius 2 is 1.36 bits per heavy atom. The molecule has 2 aromatic carbocycles. The molecule has 0 aliphatic rings. The van der Waals surface area contributed by atoms with Gasteiger partial charge in [-0.1, -0.05) is 60.7 Å². The third-order valence-electron chi connectivity index (χ3n) is 3.71. The van der Waals surface area contributed by atoms with Gasteiger partial charge in [-0.15, -0.1) is 0 Å². The van der Waals surface area contributed by atoms with E-state index in [0.29, 0.717) is 32.3 Å². The van der Waals surface area contributed by atoms with Crippen molar-refractivity contribution in [1.82, 2.24) is 0 Å². The fraction of sp³-hybridized carbons (Fsp3) is 0.381. The molecule has 2 aromatic rings. The SMILES string of the molecule is CCOC/C(=N\C(OCC)(c1ccccc1)c1ccccc1)OCC. The highest BCUT2D eigenvalue weighted by atomic mass is 16.5. The molecule has 134 valence electrons. The van der Waals surface area contributed by atoms with Gasteiger partial charge in [-0.2, -0.15) is 0 Å². The number of ether oxygens (including phenoxy) is 3. The smallest absolute Gasteiger partial charge is 0.214 e. The summed E-state index contributed by atoms with van der Waals surface area (Å²) in [5.41, 5.74) is 0.951. The van der Waals surface area contributed by atoms with E-state index in [1.807, 2.05) is 81.4 Å². The van der Waals surface area contributed by atoms with Crippen LogP contribution in [0.2, 0.25) is 0 Å².